The molecule has 1 aliphatic carbocycles. The number of amides is 1. The van der Waals surface area contributed by atoms with E-state index in [1.54, 1.807) is 4.90 Å². The van der Waals surface area contributed by atoms with E-state index in [0.717, 1.165) is 49.1 Å². The van der Waals surface area contributed by atoms with E-state index in [9.17, 15) is 9.59 Å². The number of ether oxygens (including phenoxy) is 2. The number of aryl methyl sites for hydroxylation is 1. The molecule has 2 rings (SSSR count). The van der Waals surface area contributed by atoms with E-state index >= 15 is 0 Å². The Morgan fingerprint density at radius 3 is 2.03 bits per heavy atom. The number of rotatable bonds is 21. The second-order valence-corrected chi connectivity index (χ2v) is 11.9. The van der Waals surface area contributed by atoms with Crippen LogP contribution in [-0.4, -0.2) is 41.3 Å². The van der Waals surface area contributed by atoms with Crippen molar-refractivity contribution in [1.82, 2.24) is 9.88 Å². The van der Waals surface area contributed by atoms with Crippen LogP contribution in [0.4, 0.5) is 9.93 Å². The Morgan fingerprint density at radius 2 is 1.45 bits per heavy atom. The summed E-state index contributed by atoms with van der Waals surface area (Å²) in [6.07, 6.45) is 22.6. The van der Waals surface area contributed by atoms with E-state index in [0.29, 0.717) is 18.1 Å². The summed E-state index contributed by atoms with van der Waals surface area (Å²) in [5, 5.41) is 0.585. The molecule has 1 unspecified atom stereocenters. The zero-order valence-electron chi connectivity index (χ0n) is 24.1. The second-order valence-electron chi connectivity index (χ2n) is 10.8. The fourth-order valence-corrected chi connectivity index (χ4v) is 6.20. The molecule has 1 aromatic rings. The van der Waals surface area contributed by atoms with Crippen LogP contribution in [0.25, 0.3) is 0 Å². The van der Waals surface area contributed by atoms with Gasteiger partial charge in [-0.3, -0.25) is 4.79 Å². The summed E-state index contributed by atoms with van der Waals surface area (Å²) >= 11 is 1.50. The highest BCUT2D eigenvalue weighted by Crippen LogP contribution is 2.30. The Hall–Kier alpha value is -1.83. The molecule has 1 amide bonds. The third kappa shape index (κ3) is 13.3. The molecule has 2 N–H and O–H groups in total. The van der Waals surface area contributed by atoms with Crippen molar-refractivity contribution in [3.8, 4) is 0 Å². The van der Waals surface area contributed by atoms with Gasteiger partial charge in [0.1, 0.15) is 0 Å². The molecule has 1 atom stereocenters. The van der Waals surface area contributed by atoms with Crippen LogP contribution in [0.3, 0.4) is 0 Å². The van der Waals surface area contributed by atoms with Gasteiger partial charge < -0.3 is 20.1 Å². The fourth-order valence-electron chi connectivity index (χ4n) is 5.25. The Morgan fingerprint density at radius 1 is 0.868 bits per heavy atom. The molecule has 0 fully saturated rings. The summed E-state index contributed by atoms with van der Waals surface area (Å²) in [5.74, 6) is -0.294. The van der Waals surface area contributed by atoms with Gasteiger partial charge in [0.2, 0.25) is 6.79 Å². The highest BCUT2D eigenvalue weighted by molar-refractivity contribution is 7.15. The second kappa shape index (κ2) is 20.1. The first-order chi connectivity index (χ1) is 18.5. The first-order valence-electron chi connectivity index (χ1n) is 15.4. The summed E-state index contributed by atoms with van der Waals surface area (Å²) in [5.41, 5.74) is 6.91. The Kier molecular flexibility index (Phi) is 17.2. The van der Waals surface area contributed by atoms with Crippen molar-refractivity contribution in [2.75, 3.05) is 19.1 Å². The normalized spacial score (nSPS) is 14.7. The predicted molar refractivity (Wildman–Crippen MR) is 156 cm³/mol. The standard InChI is InChI=1S/C30H53N3O4S/c1-3-5-6-7-8-9-10-11-12-13-14-15-16-17-18-19-28(34)36-24-37-30(35)33(22-4-2)25-20-21-26-27(23-25)38-29(31)32-26/h25H,3-24H2,1-2H3,(H2,31,32). The number of fused-ring (bicyclic) bond motifs is 1. The molecule has 0 spiro atoms. The maximum absolute atomic E-state index is 12.7. The number of nitrogens with two attached hydrogens (primary N) is 1. The van der Waals surface area contributed by atoms with Gasteiger partial charge in [-0.1, -0.05) is 104 Å². The van der Waals surface area contributed by atoms with Gasteiger partial charge in [-0.2, -0.15) is 0 Å². The Balaban J connectivity index is 1.45. The van der Waals surface area contributed by atoms with Gasteiger partial charge in [-0.15, -0.1) is 11.3 Å². The molecule has 0 aliphatic heterocycles. The summed E-state index contributed by atoms with van der Waals surface area (Å²) in [6, 6.07) is 0.0609. The van der Waals surface area contributed by atoms with Crippen LogP contribution in [0.2, 0.25) is 0 Å². The lowest BCUT2D eigenvalue weighted by Gasteiger charge is -2.32. The van der Waals surface area contributed by atoms with Crippen LogP contribution >= 0.6 is 11.3 Å². The number of anilines is 1. The van der Waals surface area contributed by atoms with Gasteiger partial charge in [-0.25, -0.2) is 9.78 Å². The van der Waals surface area contributed by atoms with E-state index in [4.69, 9.17) is 15.2 Å². The maximum Gasteiger partial charge on any atom is 0.412 e. The number of nitrogen functional groups attached to an aromatic ring is 1. The lowest BCUT2D eigenvalue weighted by Crippen LogP contribution is -2.44. The van der Waals surface area contributed by atoms with Crippen molar-refractivity contribution in [1.29, 1.82) is 0 Å². The molecule has 1 aliphatic rings. The van der Waals surface area contributed by atoms with Crippen molar-refractivity contribution in [3.63, 3.8) is 0 Å². The number of aromatic nitrogens is 1. The Bertz CT molecular complexity index is 786. The largest absolute Gasteiger partial charge is 0.428 e. The van der Waals surface area contributed by atoms with Crippen LogP contribution in [-0.2, 0) is 27.1 Å². The van der Waals surface area contributed by atoms with Gasteiger partial charge in [-0.05, 0) is 25.7 Å². The molecule has 7 nitrogen and oxygen atoms in total. The van der Waals surface area contributed by atoms with Crippen molar-refractivity contribution in [2.24, 2.45) is 0 Å². The Labute approximate surface area is 235 Å². The summed E-state index contributed by atoms with van der Waals surface area (Å²) < 4.78 is 10.5. The highest BCUT2D eigenvalue weighted by atomic mass is 32.1. The number of carbonyl (C=O) groups is 2. The molecule has 0 saturated carbocycles. The fraction of sp³-hybridized carbons (Fsp3) is 0.833. The average Bonchev–Trinajstić information content (AvgIpc) is 3.28. The zero-order chi connectivity index (χ0) is 27.4. The minimum atomic E-state index is -0.419. The molecule has 1 heterocycles. The van der Waals surface area contributed by atoms with E-state index in [1.807, 2.05) is 6.92 Å². The highest BCUT2D eigenvalue weighted by Gasteiger charge is 2.30. The summed E-state index contributed by atoms with van der Waals surface area (Å²) in [6.45, 7) is 4.60. The average molecular weight is 552 g/mol. The van der Waals surface area contributed by atoms with Crippen LogP contribution in [0.15, 0.2) is 0 Å². The lowest BCUT2D eigenvalue weighted by molar-refractivity contribution is -0.152. The molecular weight excluding hydrogens is 498 g/mol. The van der Waals surface area contributed by atoms with Crippen molar-refractivity contribution in [2.45, 2.75) is 148 Å². The zero-order valence-corrected chi connectivity index (χ0v) is 25.0. The van der Waals surface area contributed by atoms with Crippen LogP contribution < -0.4 is 5.73 Å². The molecule has 0 saturated heterocycles. The first kappa shape index (κ1) is 32.4. The van der Waals surface area contributed by atoms with Crippen molar-refractivity contribution < 1.29 is 19.1 Å². The monoisotopic (exact) mass is 551 g/mol. The van der Waals surface area contributed by atoms with Gasteiger partial charge >= 0.3 is 12.1 Å². The van der Waals surface area contributed by atoms with Crippen molar-refractivity contribution in [3.05, 3.63) is 10.6 Å². The van der Waals surface area contributed by atoms with Crippen LogP contribution in [0.5, 0.6) is 0 Å². The van der Waals surface area contributed by atoms with E-state index in [-0.39, 0.29) is 18.8 Å². The van der Waals surface area contributed by atoms with Gasteiger partial charge in [0.05, 0.1) is 5.69 Å². The summed E-state index contributed by atoms with van der Waals surface area (Å²) in [4.78, 5) is 32.1. The number of unbranched alkanes of at least 4 members (excludes halogenated alkanes) is 14. The van der Waals surface area contributed by atoms with E-state index in [1.165, 1.54) is 94.8 Å². The van der Waals surface area contributed by atoms with E-state index < -0.39 is 6.09 Å². The molecule has 1 aromatic heterocycles. The molecule has 0 bridgehead atoms. The predicted octanol–water partition coefficient (Wildman–Crippen LogP) is 8.19. The minimum Gasteiger partial charge on any atom is -0.428 e. The summed E-state index contributed by atoms with van der Waals surface area (Å²) in [7, 11) is 0. The van der Waals surface area contributed by atoms with Gasteiger partial charge in [0, 0.05) is 30.3 Å². The smallest absolute Gasteiger partial charge is 0.412 e. The van der Waals surface area contributed by atoms with Crippen molar-refractivity contribution >= 4 is 28.5 Å². The first-order valence-corrected chi connectivity index (χ1v) is 16.2. The number of esters is 1. The number of hydrogen-bond donors (Lipinski definition) is 1. The van der Waals surface area contributed by atoms with Crippen LogP contribution in [0.1, 0.15) is 140 Å². The third-order valence-corrected chi connectivity index (χ3v) is 8.41. The lowest BCUT2D eigenvalue weighted by atomic mass is 9.96. The van der Waals surface area contributed by atoms with E-state index in [2.05, 4.69) is 11.9 Å². The molecule has 0 radical (unpaired) electrons. The quantitative estimate of drug-likeness (QED) is 0.0940. The topological polar surface area (TPSA) is 94.8 Å². The third-order valence-electron chi connectivity index (χ3n) is 7.46. The maximum atomic E-state index is 12.7. The van der Waals surface area contributed by atoms with Gasteiger partial charge in [0.25, 0.3) is 0 Å². The SMILES string of the molecule is CCCCCCCCCCCCCCCCCC(=O)OCOC(=O)N(CCC)C1CCc2nc(N)sc2C1. The molecule has 0 aromatic carbocycles. The molecular formula is C30H53N3O4S. The molecule has 218 valence electrons. The molecule has 38 heavy (non-hydrogen) atoms. The number of thiazole rings is 1. The minimum absolute atomic E-state index is 0.0609. The number of nitrogens with zero attached hydrogens (tertiary/aromatic N) is 2. The van der Waals surface area contributed by atoms with Crippen LogP contribution in [0, 0.1) is 0 Å². The van der Waals surface area contributed by atoms with Gasteiger partial charge in [0.15, 0.2) is 5.13 Å². The number of carbonyl (C=O) groups excluding carboxylic acids is 2. The molecule has 8 heteroatoms. The number of hydrogen-bond acceptors (Lipinski definition) is 7.